The lowest BCUT2D eigenvalue weighted by atomic mass is 10.2. The highest BCUT2D eigenvalue weighted by molar-refractivity contribution is 7.89. The third kappa shape index (κ3) is 4.49. The average Bonchev–Trinajstić information content (AvgIpc) is 3.16. The highest BCUT2D eigenvalue weighted by Crippen LogP contribution is 2.21. The Hall–Kier alpha value is -2.36. The molecule has 1 aromatic heterocycles. The molecule has 2 aromatic rings. The molecular weight excluding hydrogens is 372 g/mol. The van der Waals surface area contributed by atoms with Crippen molar-refractivity contribution in [3.8, 4) is 0 Å². The maximum atomic E-state index is 12.8. The van der Waals surface area contributed by atoms with Crippen molar-refractivity contribution in [1.82, 2.24) is 4.31 Å². The predicted octanol–water partition coefficient (Wildman–Crippen LogP) is 2.09. The summed E-state index contributed by atoms with van der Waals surface area (Å²) in [6, 6.07) is 8.11. The molecule has 1 aliphatic heterocycles. The van der Waals surface area contributed by atoms with E-state index >= 15 is 0 Å². The first-order valence-corrected chi connectivity index (χ1v) is 10.1. The number of nitrogens with one attached hydrogen (secondary N) is 1. The molecule has 8 nitrogen and oxygen atoms in total. The molecule has 1 aromatic carbocycles. The van der Waals surface area contributed by atoms with Gasteiger partial charge in [-0.25, -0.2) is 13.2 Å². The molecule has 0 spiro atoms. The van der Waals surface area contributed by atoms with Crippen molar-refractivity contribution in [3.63, 3.8) is 0 Å². The van der Waals surface area contributed by atoms with Crippen LogP contribution in [0.5, 0.6) is 0 Å². The van der Waals surface area contributed by atoms with Crippen molar-refractivity contribution >= 4 is 21.7 Å². The molecule has 1 fully saturated rings. The van der Waals surface area contributed by atoms with Crippen LogP contribution in [0.3, 0.4) is 0 Å². The minimum Gasteiger partial charge on any atom is -0.467 e. The van der Waals surface area contributed by atoms with Crippen LogP contribution in [-0.2, 0) is 26.0 Å². The largest absolute Gasteiger partial charge is 0.467 e. The van der Waals surface area contributed by atoms with Gasteiger partial charge in [-0.2, -0.15) is 4.31 Å². The van der Waals surface area contributed by atoms with Crippen LogP contribution < -0.4 is 5.32 Å². The number of hydrogen-bond donors (Lipinski definition) is 1. The van der Waals surface area contributed by atoms with Crippen molar-refractivity contribution in [1.29, 1.82) is 0 Å². The Bertz CT molecular complexity index is 887. The first-order valence-electron chi connectivity index (χ1n) is 8.67. The summed E-state index contributed by atoms with van der Waals surface area (Å²) in [5.41, 5.74) is 0.956. The lowest BCUT2D eigenvalue weighted by Gasteiger charge is -2.26. The van der Waals surface area contributed by atoms with E-state index in [4.69, 9.17) is 13.9 Å². The minimum absolute atomic E-state index is 0.208. The predicted molar refractivity (Wildman–Crippen MR) is 98.0 cm³/mol. The van der Waals surface area contributed by atoms with Crippen LogP contribution in [-0.4, -0.2) is 51.6 Å². The SMILES string of the molecule is CCOC(=O)c1ccoc1CNc1cccc(S(=O)(=O)N2CCOCC2)c1. The van der Waals surface area contributed by atoms with Gasteiger partial charge in [0.25, 0.3) is 0 Å². The number of benzene rings is 1. The van der Waals surface area contributed by atoms with E-state index in [1.165, 1.54) is 10.6 Å². The molecule has 0 radical (unpaired) electrons. The summed E-state index contributed by atoms with van der Waals surface area (Å²) in [5, 5.41) is 3.09. The summed E-state index contributed by atoms with van der Waals surface area (Å²) in [4.78, 5) is 12.1. The molecule has 2 heterocycles. The van der Waals surface area contributed by atoms with Crippen molar-refractivity contribution in [2.45, 2.75) is 18.4 Å². The number of furan rings is 1. The van der Waals surface area contributed by atoms with Crippen molar-refractivity contribution in [2.24, 2.45) is 0 Å². The second kappa shape index (κ2) is 8.55. The molecule has 0 aliphatic carbocycles. The summed E-state index contributed by atoms with van der Waals surface area (Å²) in [5.74, 6) is -0.0263. The van der Waals surface area contributed by atoms with Gasteiger partial charge in [-0.05, 0) is 31.2 Å². The first-order chi connectivity index (χ1) is 13.0. The van der Waals surface area contributed by atoms with E-state index in [1.807, 2.05) is 0 Å². The molecule has 1 saturated heterocycles. The summed E-state index contributed by atoms with van der Waals surface area (Å²) in [6.45, 7) is 3.71. The number of carbonyl (C=O) groups excluding carboxylic acids is 1. The summed E-state index contributed by atoms with van der Waals surface area (Å²) >= 11 is 0. The van der Waals surface area contributed by atoms with E-state index in [2.05, 4.69) is 5.32 Å². The Morgan fingerprint density at radius 3 is 2.78 bits per heavy atom. The molecule has 0 atom stereocenters. The van der Waals surface area contributed by atoms with E-state index in [-0.39, 0.29) is 18.0 Å². The number of carbonyl (C=O) groups is 1. The number of morpholine rings is 1. The van der Waals surface area contributed by atoms with E-state index in [0.29, 0.717) is 43.3 Å². The Balaban J connectivity index is 1.72. The fourth-order valence-corrected chi connectivity index (χ4v) is 4.21. The molecule has 0 bridgehead atoms. The van der Waals surface area contributed by atoms with Gasteiger partial charge >= 0.3 is 5.97 Å². The zero-order valence-electron chi connectivity index (χ0n) is 15.0. The molecule has 0 amide bonds. The van der Waals surface area contributed by atoms with Gasteiger partial charge in [0, 0.05) is 18.8 Å². The Labute approximate surface area is 158 Å². The van der Waals surface area contributed by atoms with Gasteiger partial charge in [0.05, 0.1) is 37.5 Å². The minimum atomic E-state index is -3.57. The molecule has 0 saturated carbocycles. The number of hydrogen-bond acceptors (Lipinski definition) is 7. The summed E-state index contributed by atoms with van der Waals surface area (Å²) in [7, 11) is -3.57. The third-order valence-electron chi connectivity index (χ3n) is 4.14. The maximum Gasteiger partial charge on any atom is 0.341 e. The Kier molecular flexibility index (Phi) is 6.15. The number of anilines is 1. The van der Waals surface area contributed by atoms with Crippen molar-refractivity contribution in [2.75, 3.05) is 38.2 Å². The molecule has 27 heavy (non-hydrogen) atoms. The standard InChI is InChI=1S/C18H22N2O6S/c1-2-25-18(21)16-6-9-26-17(16)13-19-14-4-3-5-15(12-14)27(22,23)20-7-10-24-11-8-20/h3-6,9,12,19H,2,7-8,10-11,13H2,1H3. The molecule has 0 unspecified atom stereocenters. The number of esters is 1. The van der Waals surface area contributed by atoms with Crippen LogP contribution in [0.4, 0.5) is 5.69 Å². The molecule has 9 heteroatoms. The van der Waals surface area contributed by atoms with Gasteiger partial charge < -0.3 is 19.2 Å². The zero-order chi connectivity index (χ0) is 19.3. The van der Waals surface area contributed by atoms with Gasteiger partial charge in [-0.1, -0.05) is 6.07 Å². The number of sulfonamides is 1. The van der Waals surface area contributed by atoms with Gasteiger partial charge in [-0.15, -0.1) is 0 Å². The summed E-state index contributed by atoms with van der Waals surface area (Å²) < 4.78 is 42.5. The lowest BCUT2D eigenvalue weighted by Crippen LogP contribution is -2.40. The van der Waals surface area contributed by atoms with Crippen molar-refractivity contribution < 1.29 is 27.1 Å². The monoisotopic (exact) mass is 394 g/mol. The molecule has 1 N–H and O–H groups in total. The number of ether oxygens (including phenoxy) is 2. The van der Waals surface area contributed by atoms with Crippen LogP contribution in [0.25, 0.3) is 0 Å². The normalized spacial score (nSPS) is 15.4. The summed E-state index contributed by atoms with van der Waals surface area (Å²) in [6.07, 6.45) is 1.42. The molecule has 3 rings (SSSR count). The Morgan fingerprint density at radius 2 is 2.04 bits per heavy atom. The van der Waals surface area contributed by atoms with Crippen LogP contribution in [0.2, 0.25) is 0 Å². The van der Waals surface area contributed by atoms with Crippen LogP contribution in [0.15, 0.2) is 45.9 Å². The second-order valence-corrected chi connectivity index (χ2v) is 7.81. The van der Waals surface area contributed by atoms with Crippen LogP contribution in [0, 0.1) is 0 Å². The van der Waals surface area contributed by atoms with E-state index in [0.717, 1.165) is 0 Å². The van der Waals surface area contributed by atoms with Gasteiger partial charge in [0.15, 0.2) is 0 Å². The van der Waals surface area contributed by atoms with E-state index in [1.54, 1.807) is 37.3 Å². The third-order valence-corrected chi connectivity index (χ3v) is 6.03. The maximum absolute atomic E-state index is 12.8. The highest BCUT2D eigenvalue weighted by atomic mass is 32.2. The van der Waals surface area contributed by atoms with Gasteiger partial charge in [-0.3, -0.25) is 0 Å². The number of nitrogens with zero attached hydrogens (tertiary/aromatic N) is 1. The van der Waals surface area contributed by atoms with Crippen molar-refractivity contribution in [3.05, 3.63) is 47.9 Å². The van der Waals surface area contributed by atoms with Gasteiger partial charge in [0.1, 0.15) is 11.3 Å². The van der Waals surface area contributed by atoms with E-state index in [9.17, 15) is 13.2 Å². The fourth-order valence-electron chi connectivity index (χ4n) is 2.75. The molecule has 1 aliphatic rings. The highest BCUT2D eigenvalue weighted by Gasteiger charge is 2.26. The zero-order valence-corrected chi connectivity index (χ0v) is 15.8. The number of rotatable bonds is 7. The molecular formula is C18H22N2O6S. The lowest BCUT2D eigenvalue weighted by molar-refractivity contribution is 0.0524. The Morgan fingerprint density at radius 1 is 1.26 bits per heavy atom. The van der Waals surface area contributed by atoms with Crippen LogP contribution in [0.1, 0.15) is 23.0 Å². The smallest absolute Gasteiger partial charge is 0.341 e. The van der Waals surface area contributed by atoms with E-state index < -0.39 is 16.0 Å². The first kappa shape index (κ1) is 19.4. The van der Waals surface area contributed by atoms with Gasteiger partial charge in [0.2, 0.25) is 10.0 Å². The van der Waals surface area contributed by atoms with Crippen LogP contribution >= 0.6 is 0 Å². The molecule has 146 valence electrons. The quantitative estimate of drug-likeness (QED) is 0.718. The second-order valence-electron chi connectivity index (χ2n) is 5.88. The average molecular weight is 394 g/mol. The topological polar surface area (TPSA) is 98.1 Å². The fraction of sp³-hybridized carbons (Fsp3) is 0.389.